The van der Waals surface area contributed by atoms with Crippen LogP contribution < -0.4 is 14.4 Å². The molecule has 0 aromatic heterocycles. The number of rotatable bonds is 13. The molecule has 2 amide bonds. The summed E-state index contributed by atoms with van der Waals surface area (Å²) in [6.45, 7) is 6.98. The Morgan fingerprint density at radius 1 is 0.977 bits per heavy atom. The summed E-state index contributed by atoms with van der Waals surface area (Å²) in [6, 6.07) is 15.2. The first kappa shape index (κ1) is 34.7. The monoisotopic (exact) mass is 711 g/mol. The van der Waals surface area contributed by atoms with Crippen molar-refractivity contribution in [1.82, 2.24) is 10.2 Å². The van der Waals surface area contributed by atoms with E-state index >= 15 is 0 Å². The van der Waals surface area contributed by atoms with Crippen molar-refractivity contribution < 1.29 is 22.7 Å². The lowest BCUT2D eigenvalue weighted by Gasteiger charge is -2.34. The quantitative estimate of drug-likeness (QED) is 0.206. The van der Waals surface area contributed by atoms with Gasteiger partial charge in [0.2, 0.25) is 11.8 Å². The van der Waals surface area contributed by atoms with Crippen molar-refractivity contribution in [1.29, 1.82) is 0 Å². The molecule has 232 valence electrons. The second-order valence-electron chi connectivity index (χ2n) is 10.2. The molecule has 0 fully saturated rings. The number of ether oxygens (including phenoxy) is 1. The van der Waals surface area contributed by atoms with E-state index in [0.29, 0.717) is 44.4 Å². The van der Waals surface area contributed by atoms with Gasteiger partial charge in [-0.05, 0) is 90.6 Å². The average Bonchev–Trinajstić information content (AvgIpc) is 2.97. The van der Waals surface area contributed by atoms with E-state index in [1.165, 1.54) is 30.2 Å². The average molecular weight is 714 g/mol. The van der Waals surface area contributed by atoms with Crippen molar-refractivity contribution in [3.8, 4) is 5.75 Å². The third-order valence-corrected chi connectivity index (χ3v) is 10.2. The van der Waals surface area contributed by atoms with Gasteiger partial charge >= 0.3 is 0 Å². The summed E-state index contributed by atoms with van der Waals surface area (Å²) in [7, 11) is -2.76. The smallest absolute Gasteiger partial charge is 0.264 e. The van der Waals surface area contributed by atoms with Crippen molar-refractivity contribution in [3.05, 3.63) is 86.3 Å². The maximum absolute atomic E-state index is 14.2. The first-order chi connectivity index (χ1) is 20.3. The number of sulfonamides is 1. The zero-order valence-electron chi connectivity index (χ0n) is 24.7. The van der Waals surface area contributed by atoms with Crippen molar-refractivity contribution in [2.75, 3.05) is 18.0 Å². The summed E-state index contributed by atoms with van der Waals surface area (Å²) in [6.07, 6.45) is 1.01. The van der Waals surface area contributed by atoms with Crippen LogP contribution in [0.1, 0.15) is 44.7 Å². The van der Waals surface area contributed by atoms with Gasteiger partial charge in [0, 0.05) is 12.6 Å². The molecular formula is C31H36BrCl2N3O5S. The Bertz CT molecular complexity index is 1550. The normalized spacial score (nSPS) is 12.7. The lowest BCUT2D eigenvalue weighted by molar-refractivity contribution is -0.140. The number of carbonyl (C=O) groups is 2. The predicted octanol–water partition coefficient (Wildman–Crippen LogP) is 6.99. The Labute approximate surface area is 272 Å². The van der Waals surface area contributed by atoms with Crippen LogP contribution in [-0.4, -0.2) is 50.9 Å². The van der Waals surface area contributed by atoms with Gasteiger partial charge in [0.1, 0.15) is 18.3 Å². The van der Waals surface area contributed by atoms with Crippen LogP contribution in [0.25, 0.3) is 0 Å². The number of hydrogen-bond acceptors (Lipinski definition) is 5. The number of anilines is 1. The van der Waals surface area contributed by atoms with E-state index in [4.69, 9.17) is 27.9 Å². The first-order valence-corrected chi connectivity index (χ1v) is 16.8. The number of benzene rings is 3. The number of hydrogen-bond donors (Lipinski definition) is 1. The van der Waals surface area contributed by atoms with E-state index in [2.05, 4.69) is 21.2 Å². The molecule has 43 heavy (non-hydrogen) atoms. The zero-order chi connectivity index (χ0) is 31.9. The van der Waals surface area contributed by atoms with Crippen LogP contribution in [0.4, 0.5) is 5.69 Å². The van der Waals surface area contributed by atoms with E-state index < -0.39 is 28.5 Å². The van der Waals surface area contributed by atoms with Gasteiger partial charge in [0.05, 0.1) is 32.2 Å². The second kappa shape index (κ2) is 15.3. The summed E-state index contributed by atoms with van der Waals surface area (Å²) in [5, 5.41) is 3.61. The molecular weight excluding hydrogens is 677 g/mol. The lowest BCUT2D eigenvalue weighted by atomic mass is 10.1. The fraction of sp³-hybridized carbons (Fsp3) is 0.355. The highest BCUT2D eigenvalue weighted by molar-refractivity contribution is 9.10. The predicted molar refractivity (Wildman–Crippen MR) is 175 cm³/mol. The van der Waals surface area contributed by atoms with Crippen LogP contribution >= 0.6 is 39.1 Å². The molecule has 0 saturated heterocycles. The summed E-state index contributed by atoms with van der Waals surface area (Å²) in [5.41, 5.74) is 1.87. The van der Waals surface area contributed by atoms with Crippen LogP contribution in [0.5, 0.6) is 5.75 Å². The van der Waals surface area contributed by atoms with Crippen molar-refractivity contribution in [3.63, 3.8) is 0 Å². The largest absolute Gasteiger partial charge is 0.496 e. The molecule has 0 spiro atoms. The molecule has 0 heterocycles. The number of nitrogens with zero attached hydrogens (tertiary/aromatic N) is 2. The van der Waals surface area contributed by atoms with Crippen LogP contribution in [0.2, 0.25) is 10.0 Å². The second-order valence-corrected chi connectivity index (χ2v) is 13.7. The number of amides is 2. The van der Waals surface area contributed by atoms with Gasteiger partial charge in [0.25, 0.3) is 10.0 Å². The molecule has 12 heteroatoms. The molecule has 8 nitrogen and oxygen atoms in total. The van der Waals surface area contributed by atoms with Crippen molar-refractivity contribution >= 4 is 66.7 Å². The number of aryl methyl sites for hydroxylation is 1. The minimum Gasteiger partial charge on any atom is -0.496 e. The Hall–Kier alpha value is -2.79. The summed E-state index contributed by atoms with van der Waals surface area (Å²) >= 11 is 15.7. The Morgan fingerprint density at radius 3 is 2.21 bits per heavy atom. The van der Waals surface area contributed by atoms with Crippen LogP contribution in [0.15, 0.2) is 70.0 Å². The van der Waals surface area contributed by atoms with E-state index in [1.54, 1.807) is 49.4 Å². The molecule has 0 bridgehead atoms. The molecule has 0 unspecified atom stereocenters. The SMILES string of the molecule is CC[C@H](C(=O)N[C@@H](C)CC)N(Cc1ccc(Cl)c(Cl)c1)C(=O)CN(c1ccc(C)cc1)S(=O)(=O)c1ccc(OC)c(Br)c1. The Kier molecular flexibility index (Phi) is 12.3. The number of carbonyl (C=O) groups excluding carboxylic acids is 2. The fourth-order valence-corrected chi connectivity index (χ4v) is 6.82. The van der Waals surface area contributed by atoms with Gasteiger partial charge < -0.3 is 15.0 Å². The summed E-state index contributed by atoms with van der Waals surface area (Å²) in [5.74, 6) is -0.425. The van der Waals surface area contributed by atoms with Crippen LogP contribution in [0, 0.1) is 6.92 Å². The van der Waals surface area contributed by atoms with E-state index in [-0.39, 0.29) is 23.4 Å². The fourth-order valence-electron chi connectivity index (χ4n) is 4.37. The maximum atomic E-state index is 14.2. The lowest BCUT2D eigenvalue weighted by Crippen LogP contribution is -2.53. The van der Waals surface area contributed by atoms with Crippen LogP contribution in [-0.2, 0) is 26.2 Å². The molecule has 0 aliphatic carbocycles. The molecule has 3 aromatic carbocycles. The number of methoxy groups -OCH3 is 1. The molecule has 0 saturated carbocycles. The molecule has 0 radical (unpaired) electrons. The van der Waals surface area contributed by atoms with Gasteiger partial charge in [-0.25, -0.2) is 8.42 Å². The van der Waals surface area contributed by atoms with E-state index in [0.717, 1.165) is 9.87 Å². The molecule has 0 aliphatic rings. The van der Waals surface area contributed by atoms with Crippen molar-refractivity contribution in [2.45, 2.75) is 64.1 Å². The minimum atomic E-state index is -4.24. The minimum absolute atomic E-state index is 0.0119. The molecule has 1 N–H and O–H groups in total. The van der Waals surface area contributed by atoms with E-state index in [9.17, 15) is 18.0 Å². The third kappa shape index (κ3) is 8.65. The van der Waals surface area contributed by atoms with Gasteiger partial charge in [-0.1, -0.05) is 60.8 Å². The summed E-state index contributed by atoms with van der Waals surface area (Å²) < 4.78 is 35.0. The highest BCUT2D eigenvalue weighted by Crippen LogP contribution is 2.31. The Balaban J connectivity index is 2.09. The van der Waals surface area contributed by atoms with Gasteiger partial charge in [-0.15, -0.1) is 0 Å². The maximum Gasteiger partial charge on any atom is 0.264 e. The van der Waals surface area contributed by atoms with Gasteiger partial charge in [-0.3, -0.25) is 13.9 Å². The molecule has 3 aromatic rings. The molecule has 2 atom stereocenters. The number of halogens is 3. The highest BCUT2D eigenvalue weighted by atomic mass is 79.9. The highest BCUT2D eigenvalue weighted by Gasteiger charge is 2.34. The van der Waals surface area contributed by atoms with E-state index in [1.807, 2.05) is 20.8 Å². The van der Waals surface area contributed by atoms with Crippen LogP contribution in [0.3, 0.4) is 0 Å². The topological polar surface area (TPSA) is 96.0 Å². The van der Waals surface area contributed by atoms with Gasteiger partial charge in [-0.2, -0.15) is 0 Å². The zero-order valence-corrected chi connectivity index (χ0v) is 28.6. The Morgan fingerprint density at radius 2 is 1.65 bits per heavy atom. The molecule has 3 rings (SSSR count). The summed E-state index contributed by atoms with van der Waals surface area (Å²) in [4.78, 5) is 29.0. The molecule has 0 aliphatic heterocycles. The standard InChI is InChI=1S/C31H36BrCl2N3O5S/c1-6-21(4)35-31(39)28(7-2)36(18-22-10-14-26(33)27(34)16-22)30(38)19-37(23-11-8-20(3)9-12-23)43(40,41)24-13-15-29(42-5)25(32)17-24/h8-17,21,28H,6-7,18-19H2,1-5H3,(H,35,39)/t21-,28+/m0/s1. The first-order valence-electron chi connectivity index (χ1n) is 13.8. The third-order valence-electron chi connectivity index (χ3n) is 7.04. The number of nitrogens with one attached hydrogen (secondary N) is 1. The van der Waals surface area contributed by atoms with Crippen molar-refractivity contribution in [2.24, 2.45) is 0 Å². The van der Waals surface area contributed by atoms with Gasteiger partial charge in [0.15, 0.2) is 0 Å².